The molecule has 2 aromatic rings. The highest BCUT2D eigenvalue weighted by atomic mass is 79.9. The maximum atomic E-state index is 14.6. The minimum absolute atomic E-state index is 0.126. The van der Waals surface area contributed by atoms with Gasteiger partial charge in [-0.3, -0.25) is 9.78 Å². The Kier molecular flexibility index (Phi) is 4.66. The van der Waals surface area contributed by atoms with E-state index in [1.807, 2.05) is 0 Å². The molecule has 1 atom stereocenters. The lowest BCUT2D eigenvalue weighted by atomic mass is 9.93. The molecule has 0 bridgehead atoms. The van der Waals surface area contributed by atoms with Gasteiger partial charge in [-0.1, -0.05) is 11.6 Å². The van der Waals surface area contributed by atoms with E-state index in [1.165, 1.54) is 11.1 Å². The lowest BCUT2D eigenvalue weighted by Crippen LogP contribution is -2.55. The van der Waals surface area contributed by atoms with Gasteiger partial charge in [-0.2, -0.15) is 0 Å². The van der Waals surface area contributed by atoms with E-state index in [-0.39, 0.29) is 27.5 Å². The highest BCUT2D eigenvalue weighted by molar-refractivity contribution is 9.10. The van der Waals surface area contributed by atoms with Crippen LogP contribution in [0.2, 0.25) is 5.02 Å². The first-order valence-corrected chi connectivity index (χ1v) is 10.2. The van der Waals surface area contributed by atoms with Crippen LogP contribution in [0.5, 0.6) is 0 Å². The molecule has 0 aliphatic carbocycles. The van der Waals surface area contributed by atoms with Crippen LogP contribution >= 0.6 is 27.5 Å². The lowest BCUT2D eigenvalue weighted by molar-refractivity contribution is -0.120. The number of pyridine rings is 1. The Labute approximate surface area is 180 Å². The van der Waals surface area contributed by atoms with Crippen LogP contribution in [-0.2, 0) is 9.53 Å². The summed E-state index contributed by atoms with van der Waals surface area (Å²) in [7, 11) is 0. The molecule has 2 amide bonds. The summed E-state index contributed by atoms with van der Waals surface area (Å²) < 4.78 is 20.2. The Balaban J connectivity index is 1.71. The molecule has 2 aliphatic rings. The van der Waals surface area contributed by atoms with Gasteiger partial charge in [0.15, 0.2) is 5.82 Å². The lowest BCUT2D eigenvalue weighted by Gasteiger charge is -2.36. The molecule has 1 fully saturated rings. The van der Waals surface area contributed by atoms with Crippen molar-refractivity contribution in [3.05, 3.63) is 27.6 Å². The van der Waals surface area contributed by atoms with Gasteiger partial charge in [0, 0.05) is 11.9 Å². The number of amides is 2. The van der Waals surface area contributed by atoms with Crippen LogP contribution in [0.25, 0.3) is 10.9 Å². The van der Waals surface area contributed by atoms with Gasteiger partial charge < -0.3 is 20.3 Å². The first-order chi connectivity index (χ1) is 13.5. The van der Waals surface area contributed by atoms with Crippen LogP contribution in [-0.4, -0.2) is 46.1 Å². The molecule has 2 aliphatic heterocycles. The Bertz CT molecular complexity index is 1060. The summed E-state index contributed by atoms with van der Waals surface area (Å²) in [6.07, 6.45) is 1.31. The molecule has 7 nitrogen and oxygen atoms in total. The van der Waals surface area contributed by atoms with Crippen LogP contribution in [0.4, 0.5) is 20.6 Å². The zero-order chi connectivity index (χ0) is 21.1. The van der Waals surface area contributed by atoms with Crippen LogP contribution in [0, 0.1) is 5.82 Å². The number of carbonyl (C=O) groups is 2. The number of nitrogens with zero attached hydrogens (tertiary/aromatic N) is 2. The predicted octanol–water partition coefficient (Wildman–Crippen LogP) is 4.53. The maximum Gasteiger partial charge on any atom is 0.410 e. The van der Waals surface area contributed by atoms with Crippen molar-refractivity contribution in [2.45, 2.75) is 38.3 Å². The average molecular weight is 486 g/mol. The van der Waals surface area contributed by atoms with Crippen molar-refractivity contribution < 1.29 is 18.7 Å². The summed E-state index contributed by atoms with van der Waals surface area (Å²) in [6, 6.07) is 1.59. The first-order valence-electron chi connectivity index (χ1n) is 9.04. The number of anilines is 2. The molecule has 4 rings (SSSR count). The van der Waals surface area contributed by atoms with E-state index in [2.05, 4.69) is 31.5 Å². The number of fused-ring (bicyclic) bond motifs is 3. The number of aromatic nitrogens is 1. The molecule has 0 radical (unpaired) electrons. The second kappa shape index (κ2) is 6.70. The topological polar surface area (TPSA) is 83.6 Å². The van der Waals surface area contributed by atoms with E-state index in [1.54, 1.807) is 26.8 Å². The fourth-order valence-electron chi connectivity index (χ4n) is 3.59. The third kappa shape index (κ3) is 3.40. The van der Waals surface area contributed by atoms with Gasteiger partial charge >= 0.3 is 6.09 Å². The standard InChI is InChI=1S/C19H19BrClFN4O3/c1-18(2,3)29-17(28)26-5-4-19(8-26)16(27)24-11-7-23-15-9(14(11)25-19)6-10(21)12(20)13(15)22/h6-7,25H,4-5,8H2,1-3H3,(H,24,27). The van der Waals surface area contributed by atoms with Gasteiger partial charge in [-0.15, -0.1) is 0 Å². The maximum absolute atomic E-state index is 14.6. The minimum atomic E-state index is -1.05. The van der Waals surface area contributed by atoms with Gasteiger partial charge in [0.2, 0.25) is 0 Å². The number of nitrogens with one attached hydrogen (secondary N) is 2. The number of benzene rings is 1. The van der Waals surface area contributed by atoms with E-state index in [0.29, 0.717) is 29.7 Å². The summed E-state index contributed by atoms with van der Waals surface area (Å²) in [5.74, 6) is -0.856. The molecule has 10 heteroatoms. The van der Waals surface area contributed by atoms with Crippen LogP contribution in [0.1, 0.15) is 27.2 Å². The van der Waals surface area contributed by atoms with E-state index < -0.39 is 23.1 Å². The molecular formula is C19H19BrClFN4O3. The smallest absolute Gasteiger partial charge is 0.410 e. The Hall–Kier alpha value is -2.13. The first kappa shape index (κ1) is 20.2. The highest BCUT2D eigenvalue weighted by Crippen LogP contribution is 2.42. The number of halogens is 3. The van der Waals surface area contributed by atoms with Crippen LogP contribution < -0.4 is 10.6 Å². The van der Waals surface area contributed by atoms with Gasteiger partial charge in [0.1, 0.15) is 16.7 Å². The largest absolute Gasteiger partial charge is 0.444 e. The highest BCUT2D eigenvalue weighted by Gasteiger charge is 2.49. The summed E-state index contributed by atoms with van der Waals surface area (Å²) in [6.45, 7) is 5.84. The summed E-state index contributed by atoms with van der Waals surface area (Å²) in [4.78, 5) is 30.9. The van der Waals surface area contributed by atoms with Crippen molar-refractivity contribution in [1.82, 2.24) is 9.88 Å². The fraction of sp³-hybridized carbons (Fsp3) is 0.421. The second-order valence-corrected chi connectivity index (χ2v) is 9.44. The van der Waals surface area contributed by atoms with Crippen LogP contribution in [0.3, 0.4) is 0 Å². The number of rotatable bonds is 0. The third-order valence-electron chi connectivity index (χ3n) is 4.97. The second-order valence-electron chi connectivity index (χ2n) is 8.24. The average Bonchev–Trinajstić information content (AvgIpc) is 3.05. The monoisotopic (exact) mass is 484 g/mol. The van der Waals surface area contributed by atoms with Crippen molar-refractivity contribution in [2.75, 3.05) is 23.7 Å². The molecule has 154 valence electrons. The Morgan fingerprint density at radius 1 is 1.45 bits per heavy atom. The molecule has 1 spiro atoms. The van der Waals surface area contributed by atoms with Crippen molar-refractivity contribution in [3.8, 4) is 0 Å². The molecular weight excluding hydrogens is 467 g/mol. The molecule has 3 heterocycles. The SMILES string of the molecule is CC(C)(C)OC(=O)N1CCC2(C1)Nc1c(cnc3c(F)c(Br)c(Cl)cc13)NC2=O. The fourth-order valence-corrected chi connectivity index (χ4v) is 4.08. The van der Waals surface area contributed by atoms with Gasteiger partial charge in [0.05, 0.1) is 33.6 Å². The number of hydrogen-bond acceptors (Lipinski definition) is 5. The number of hydrogen-bond donors (Lipinski definition) is 2. The normalized spacial score (nSPS) is 21.2. The molecule has 1 aromatic heterocycles. The molecule has 2 N–H and O–H groups in total. The summed E-state index contributed by atoms with van der Waals surface area (Å²) >= 11 is 9.26. The van der Waals surface area contributed by atoms with Gasteiger partial charge in [-0.25, -0.2) is 9.18 Å². The Morgan fingerprint density at radius 2 is 2.17 bits per heavy atom. The molecule has 0 saturated carbocycles. The predicted molar refractivity (Wildman–Crippen MR) is 112 cm³/mol. The number of likely N-dealkylation sites (tertiary alicyclic amines) is 1. The molecule has 29 heavy (non-hydrogen) atoms. The molecule has 1 saturated heterocycles. The van der Waals surface area contributed by atoms with E-state index in [4.69, 9.17) is 16.3 Å². The van der Waals surface area contributed by atoms with E-state index in [0.717, 1.165) is 0 Å². The zero-order valence-electron chi connectivity index (χ0n) is 16.0. The minimum Gasteiger partial charge on any atom is -0.444 e. The molecule has 1 unspecified atom stereocenters. The number of ether oxygens (including phenoxy) is 1. The third-order valence-corrected chi connectivity index (χ3v) is 6.27. The zero-order valence-corrected chi connectivity index (χ0v) is 18.4. The van der Waals surface area contributed by atoms with Crippen molar-refractivity contribution >= 4 is 61.8 Å². The number of carbonyl (C=O) groups excluding carboxylic acids is 2. The van der Waals surface area contributed by atoms with Crippen LogP contribution in [0.15, 0.2) is 16.7 Å². The summed E-state index contributed by atoms with van der Waals surface area (Å²) in [5, 5.41) is 6.71. The van der Waals surface area contributed by atoms with Crippen molar-refractivity contribution in [1.29, 1.82) is 0 Å². The van der Waals surface area contributed by atoms with Crippen molar-refractivity contribution in [3.63, 3.8) is 0 Å². The van der Waals surface area contributed by atoms with Gasteiger partial charge in [-0.05, 0) is 49.2 Å². The van der Waals surface area contributed by atoms with E-state index in [9.17, 15) is 14.0 Å². The van der Waals surface area contributed by atoms with Crippen molar-refractivity contribution in [2.24, 2.45) is 0 Å². The quantitative estimate of drug-likeness (QED) is 0.536. The molecule has 1 aromatic carbocycles. The Morgan fingerprint density at radius 3 is 2.86 bits per heavy atom. The summed E-state index contributed by atoms with van der Waals surface area (Å²) in [5.41, 5.74) is -0.601. The van der Waals surface area contributed by atoms with E-state index >= 15 is 0 Å². The van der Waals surface area contributed by atoms with Gasteiger partial charge in [0.25, 0.3) is 5.91 Å².